The Bertz CT molecular complexity index is 782. The van der Waals surface area contributed by atoms with E-state index in [1.165, 1.54) is 0 Å². The molecule has 0 saturated carbocycles. The van der Waals surface area contributed by atoms with E-state index < -0.39 is 44.0 Å². The summed E-state index contributed by atoms with van der Waals surface area (Å²) in [6, 6.07) is 5.68. The molecule has 0 atom stereocenters. The molecule has 0 fully saturated rings. The maximum absolute atomic E-state index is 13.5. The average molecular weight is 337 g/mol. The summed E-state index contributed by atoms with van der Waals surface area (Å²) in [7, 11) is -4.70. The minimum absolute atomic E-state index is 0.461. The second kappa shape index (κ2) is 5.56. The number of hydrogen-bond donors (Lipinski definition) is 1. The van der Waals surface area contributed by atoms with Gasteiger partial charge in [-0.05, 0) is 30.3 Å². The van der Waals surface area contributed by atoms with Crippen LogP contribution in [0, 0.1) is 11.6 Å². The number of hydrogen-bond acceptors (Lipinski definition) is 2. The Kier molecular flexibility index (Phi) is 4.10. The van der Waals surface area contributed by atoms with Gasteiger partial charge in [-0.1, -0.05) is 12.1 Å². The minimum atomic E-state index is -4.70. The number of sulfonamides is 1. The van der Waals surface area contributed by atoms with Crippen LogP contribution in [0.2, 0.25) is 0 Å². The maximum atomic E-state index is 13.5. The molecule has 2 aromatic rings. The molecule has 0 aliphatic rings. The zero-order chi connectivity index (χ0) is 16.5. The predicted molar refractivity (Wildman–Crippen MR) is 68.6 cm³/mol. The minimum Gasteiger partial charge on any atom is -0.279 e. The van der Waals surface area contributed by atoms with Gasteiger partial charge in [-0.3, -0.25) is 4.72 Å². The van der Waals surface area contributed by atoms with Crippen molar-refractivity contribution in [2.75, 3.05) is 4.72 Å². The summed E-state index contributed by atoms with van der Waals surface area (Å²) < 4.78 is 90.2. The first-order chi connectivity index (χ1) is 10.1. The summed E-state index contributed by atoms with van der Waals surface area (Å²) in [5, 5.41) is 0. The molecular weight excluding hydrogens is 329 g/mol. The van der Waals surface area contributed by atoms with E-state index in [0.29, 0.717) is 6.07 Å². The van der Waals surface area contributed by atoms with E-state index in [1.807, 2.05) is 0 Å². The van der Waals surface area contributed by atoms with Crippen LogP contribution in [0.1, 0.15) is 5.56 Å². The normalized spacial score (nSPS) is 12.2. The standard InChI is InChI=1S/C13H8F5NO2S/c14-10-5-2-6-11(15)12(10)22(20,21)19-9-4-1-3-8(7-9)13(16,17)18/h1-7,19H. The highest BCUT2D eigenvalue weighted by atomic mass is 32.2. The summed E-state index contributed by atoms with van der Waals surface area (Å²) >= 11 is 0. The number of nitrogens with one attached hydrogen (secondary N) is 1. The molecule has 0 amide bonds. The summed E-state index contributed by atoms with van der Waals surface area (Å²) in [5.74, 6) is -2.70. The summed E-state index contributed by atoms with van der Waals surface area (Å²) in [5.41, 5.74) is -1.56. The molecule has 0 aromatic heterocycles. The average Bonchev–Trinajstić information content (AvgIpc) is 2.36. The Hall–Kier alpha value is -2.16. The highest BCUT2D eigenvalue weighted by molar-refractivity contribution is 7.92. The van der Waals surface area contributed by atoms with E-state index in [4.69, 9.17) is 0 Å². The van der Waals surface area contributed by atoms with Crippen molar-refractivity contribution in [1.29, 1.82) is 0 Å². The van der Waals surface area contributed by atoms with Crippen LogP contribution in [0.5, 0.6) is 0 Å². The van der Waals surface area contributed by atoms with Gasteiger partial charge in [-0.15, -0.1) is 0 Å². The van der Waals surface area contributed by atoms with Gasteiger partial charge >= 0.3 is 6.18 Å². The lowest BCUT2D eigenvalue weighted by Gasteiger charge is -2.12. The zero-order valence-corrected chi connectivity index (χ0v) is 11.5. The molecule has 0 heterocycles. The first-order valence-corrected chi connectivity index (χ1v) is 7.24. The van der Waals surface area contributed by atoms with Gasteiger partial charge in [-0.25, -0.2) is 17.2 Å². The molecule has 0 radical (unpaired) electrons. The Balaban J connectivity index is 2.42. The lowest BCUT2D eigenvalue weighted by Crippen LogP contribution is -2.17. The third-order valence-electron chi connectivity index (χ3n) is 2.63. The molecule has 2 rings (SSSR count). The van der Waals surface area contributed by atoms with Gasteiger partial charge < -0.3 is 0 Å². The molecule has 0 aliphatic carbocycles. The Morgan fingerprint density at radius 2 is 1.45 bits per heavy atom. The number of benzene rings is 2. The van der Waals surface area contributed by atoms with Gasteiger partial charge in [0, 0.05) is 5.69 Å². The molecular formula is C13H8F5NO2S. The van der Waals surface area contributed by atoms with Gasteiger partial charge in [-0.2, -0.15) is 13.2 Å². The van der Waals surface area contributed by atoms with Crippen LogP contribution in [0.3, 0.4) is 0 Å². The molecule has 2 aromatic carbocycles. The van der Waals surface area contributed by atoms with Crippen molar-refractivity contribution in [2.45, 2.75) is 11.1 Å². The predicted octanol–water partition coefficient (Wildman–Crippen LogP) is 3.78. The van der Waals surface area contributed by atoms with Crippen LogP contribution in [-0.2, 0) is 16.2 Å². The van der Waals surface area contributed by atoms with E-state index in [2.05, 4.69) is 0 Å². The second-order valence-corrected chi connectivity index (χ2v) is 5.85. The summed E-state index contributed by atoms with van der Waals surface area (Å²) in [6.45, 7) is 0. The van der Waals surface area contributed by atoms with Crippen LogP contribution in [0.4, 0.5) is 27.6 Å². The first-order valence-electron chi connectivity index (χ1n) is 5.75. The van der Waals surface area contributed by atoms with Crippen molar-refractivity contribution in [1.82, 2.24) is 0 Å². The molecule has 3 nitrogen and oxygen atoms in total. The number of halogens is 5. The molecule has 0 bridgehead atoms. The van der Waals surface area contributed by atoms with Crippen LogP contribution < -0.4 is 4.72 Å². The monoisotopic (exact) mass is 337 g/mol. The van der Waals surface area contributed by atoms with E-state index in [1.54, 1.807) is 4.72 Å². The maximum Gasteiger partial charge on any atom is 0.416 e. The number of alkyl halides is 3. The van der Waals surface area contributed by atoms with Gasteiger partial charge in [0.2, 0.25) is 0 Å². The van der Waals surface area contributed by atoms with Crippen molar-refractivity contribution >= 4 is 15.7 Å². The van der Waals surface area contributed by atoms with Crippen molar-refractivity contribution in [2.24, 2.45) is 0 Å². The van der Waals surface area contributed by atoms with Gasteiger partial charge in [0.25, 0.3) is 10.0 Å². The van der Waals surface area contributed by atoms with Gasteiger partial charge in [0.15, 0.2) is 4.90 Å². The molecule has 1 N–H and O–H groups in total. The third-order valence-corrected chi connectivity index (χ3v) is 4.06. The highest BCUT2D eigenvalue weighted by Gasteiger charge is 2.31. The Labute approximate surface area is 122 Å². The third kappa shape index (κ3) is 3.35. The summed E-state index contributed by atoms with van der Waals surface area (Å²) in [4.78, 5) is -1.26. The molecule has 0 spiro atoms. The van der Waals surface area contributed by atoms with Crippen LogP contribution >= 0.6 is 0 Å². The second-order valence-electron chi connectivity index (χ2n) is 4.23. The fourth-order valence-electron chi connectivity index (χ4n) is 1.70. The van der Waals surface area contributed by atoms with Gasteiger partial charge in [0.1, 0.15) is 11.6 Å². The van der Waals surface area contributed by atoms with Crippen LogP contribution in [0.15, 0.2) is 47.4 Å². The molecule has 118 valence electrons. The van der Waals surface area contributed by atoms with Crippen molar-refractivity contribution < 1.29 is 30.4 Å². The SMILES string of the molecule is O=S(=O)(Nc1cccc(C(F)(F)F)c1)c1c(F)cccc1F. The molecule has 22 heavy (non-hydrogen) atoms. The molecule has 9 heteroatoms. The quantitative estimate of drug-likeness (QED) is 0.867. The van der Waals surface area contributed by atoms with Crippen molar-refractivity contribution in [3.63, 3.8) is 0 Å². The van der Waals surface area contributed by atoms with Crippen LogP contribution in [0.25, 0.3) is 0 Å². The van der Waals surface area contributed by atoms with Crippen LogP contribution in [-0.4, -0.2) is 8.42 Å². The first kappa shape index (κ1) is 16.2. The van der Waals surface area contributed by atoms with Crippen molar-refractivity contribution in [3.8, 4) is 0 Å². The van der Waals surface area contributed by atoms with Crippen molar-refractivity contribution in [3.05, 3.63) is 59.7 Å². The largest absolute Gasteiger partial charge is 0.416 e. The Morgan fingerprint density at radius 3 is 2.00 bits per heavy atom. The number of rotatable bonds is 3. The smallest absolute Gasteiger partial charge is 0.279 e. The number of anilines is 1. The zero-order valence-electron chi connectivity index (χ0n) is 10.7. The topological polar surface area (TPSA) is 46.2 Å². The van der Waals surface area contributed by atoms with Gasteiger partial charge in [0.05, 0.1) is 5.56 Å². The fraction of sp³-hybridized carbons (Fsp3) is 0.0769. The van der Waals surface area contributed by atoms with E-state index >= 15 is 0 Å². The van der Waals surface area contributed by atoms with E-state index in [-0.39, 0.29) is 0 Å². The fourth-order valence-corrected chi connectivity index (χ4v) is 2.89. The van der Waals surface area contributed by atoms with E-state index in [9.17, 15) is 30.4 Å². The molecule has 0 unspecified atom stereocenters. The lowest BCUT2D eigenvalue weighted by atomic mass is 10.2. The Morgan fingerprint density at radius 1 is 0.909 bits per heavy atom. The molecule has 0 saturated heterocycles. The summed E-state index contributed by atoms with van der Waals surface area (Å²) in [6.07, 6.45) is -4.68. The molecule has 0 aliphatic heterocycles. The highest BCUT2D eigenvalue weighted by Crippen LogP contribution is 2.31. The lowest BCUT2D eigenvalue weighted by molar-refractivity contribution is -0.137. The van der Waals surface area contributed by atoms with E-state index in [0.717, 1.165) is 36.4 Å².